The number of nitrogens with zero attached hydrogens (tertiary/aromatic N) is 4. The molecule has 0 bridgehead atoms. The van der Waals surface area contributed by atoms with Crippen LogP contribution in [0.2, 0.25) is 0 Å². The number of hydrogen-bond acceptors (Lipinski definition) is 7. The summed E-state index contributed by atoms with van der Waals surface area (Å²) in [5.41, 5.74) is -0.104. The zero-order valence-corrected chi connectivity index (χ0v) is 14.0. The van der Waals surface area contributed by atoms with Crippen LogP contribution >= 0.6 is 0 Å². The van der Waals surface area contributed by atoms with E-state index in [0.717, 1.165) is 0 Å². The topological polar surface area (TPSA) is 122 Å². The van der Waals surface area contributed by atoms with Gasteiger partial charge in [0.1, 0.15) is 18.5 Å². The van der Waals surface area contributed by atoms with Crippen molar-refractivity contribution in [2.45, 2.75) is 45.4 Å². The van der Waals surface area contributed by atoms with E-state index >= 15 is 0 Å². The lowest BCUT2D eigenvalue weighted by atomic mass is 9.96. The Labute approximate surface area is 142 Å². The summed E-state index contributed by atoms with van der Waals surface area (Å²) in [6.45, 7) is 4.77. The Kier molecular flexibility index (Phi) is 4.43. The number of alkyl halides is 1. The number of hydrogen-bond donors (Lipinski definition) is 3. The molecule has 3 heterocycles. The maximum Gasteiger partial charge on any atom is 0.230 e. The number of amides is 1. The molecule has 2 aromatic rings. The third kappa shape index (κ3) is 3.08. The van der Waals surface area contributed by atoms with Crippen molar-refractivity contribution < 1.29 is 24.1 Å². The molecule has 2 aromatic heterocycles. The van der Waals surface area contributed by atoms with Gasteiger partial charge in [0, 0.05) is 5.41 Å². The highest BCUT2D eigenvalue weighted by molar-refractivity contribution is 5.99. The van der Waals surface area contributed by atoms with Crippen LogP contribution in [0, 0.1) is 5.41 Å². The third-order valence-electron chi connectivity index (χ3n) is 4.02. The van der Waals surface area contributed by atoms with Crippen LogP contribution in [-0.2, 0) is 9.53 Å². The molecule has 0 saturated carbocycles. The van der Waals surface area contributed by atoms with Crippen molar-refractivity contribution in [2.24, 2.45) is 5.41 Å². The van der Waals surface area contributed by atoms with E-state index in [-0.39, 0.29) is 22.9 Å². The summed E-state index contributed by atoms with van der Waals surface area (Å²) in [5.74, 6) is -0.0466. The second kappa shape index (κ2) is 6.28. The number of ether oxygens (including phenoxy) is 1. The zero-order chi connectivity index (χ0) is 18.4. The Bertz CT molecular complexity index is 790. The fourth-order valence-corrected chi connectivity index (χ4v) is 2.50. The molecular formula is C15H20FN5O4. The highest BCUT2D eigenvalue weighted by atomic mass is 19.1. The Morgan fingerprint density at radius 1 is 1.40 bits per heavy atom. The molecule has 10 heteroatoms. The van der Waals surface area contributed by atoms with E-state index in [1.54, 1.807) is 20.8 Å². The van der Waals surface area contributed by atoms with Gasteiger partial charge in [0.2, 0.25) is 5.91 Å². The Hall–Kier alpha value is -2.17. The van der Waals surface area contributed by atoms with Crippen molar-refractivity contribution in [3.63, 3.8) is 0 Å². The average Bonchev–Trinajstić information content (AvgIpc) is 3.09. The molecule has 1 unspecified atom stereocenters. The van der Waals surface area contributed by atoms with Crippen LogP contribution in [0.5, 0.6) is 0 Å². The minimum absolute atomic E-state index is 0.205. The standard InChI is InChI=1S/C15H20FN5O4/c1-15(2,3)14(24)20-11-9-12(18-5-17-11)21(6-19-9)13-8(16)10(23)7(4-22)25-13/h5-8,10,13,22-23H,4H2,1-3H3,(H,17,18,20,24)/t7-,8+,10?,13-/m1/s1. The molecule has 25 heavy (non-hydrogen) atoms. The van der Waals surface area contributed by atoms with Crippen LogP contribution in [-0.4, -0.2) is 60.6 Å². The molecule has 3 N–H and O–H groups in total. The van der Waals surface area contributed by atoms with Crippen molar-refractivity contribution in [3.8, 4) is 0 Å². The van der Waals surface area contributed by atoms with Crippen molar-refractivity contribution >= 4 is 22.9 Å². The van der Waals surface area contributed by atoms with E-state index in [4.69, 9.17) is 9.84 Å². The van der Waals surface area contributed by atoms with Gasteiger partial charge < -0.3 is 20.3 Å². The van der Waals surface area contributed by atoms with Gasteiger partial charge in [-0.25, -0.2) is 19.3 Å². The van der Waals surface area contributed by atoms with Crippen molar-refractivity contribution in [2.75, 3.05) is 11.9 Å². The van der Waals surface area contributed by atoms with Gasteiger partial charge >= 0.3 is 0 Å². The Balaban J connectivity index is 1.95. The summed E-state index contributed by atoms with van der Waals surface area (Å²) in [6, 6.07) is 0. The second-order valence-electron chi connectivity index (χ2n) is 6.93. The van der Waals surface area contributed by atoms with Gasteiger partial charge in [-0.05, 0) is 0 Å². The molecule has 0 aliphatic carbocycles. The summed E-state index contributed by atoms with van der Waals surface area (Å²) in [7, 11) is 0. The number of aliphatic hydroxyl groups is 2. The molecule has 9 nitrogen and oxygen atoms in total. The number of rotatable bonds is 3. The fraction of sp³-hybridized carbons (Fsp3) is 0.600. The minimum atomic E-state index is -1.75. The average molecular weight is 353 g/mol. The van der Waals surface area contributed by atoms with E-state index in [2.05, 4.69) is 20.3 Å². The first kappa shape index (κ1) is 17.6. The van der Waals surface area contributed by atoms with Crippen molar-refractivity contribution in [1.29, 1.82) is 0 Å². The molecule has 0 spiro atoms. The number of fused-ring (bicyclic) bond motifs is 1. The zero-order valence-electron chi connectivity index (χ0n) is 14.0. The van der Waals surface area contributed by atoms with Crippen LogP contribution in [0.3, 0.4) is 0 Å². The molecule has 1 aliphatic rings. The number of halogens is 1. The summed E-state index contributed by atoms with van der Waals surface area (Å²) in [6.07, 6.45) is -2.89. The molecule has 1 aliphatic heterocycles. The van der Waals surface area contributed by atoms with Gasteiger partial charge in [-0.15, -0.1) is 0 Å². The van der Waals surface area contributed by atoms with E-state index < -0.39 is 36.6 Å². The van der Waals surface area contributed by atoms with Gasteiger partial charge in [0.05, 0.1) is 12.9 Å². The lowest BCUT2D eigenvalue weighted by Gasteiger charge is -2.17. The maximum atomic E-state index is 14.3. The predicted octanol–water partition coefficient (Wildman–Crippen LogP) is 0.400. The molecule has 4 atom stereocenters. The number of aromatic nitrogens is 4. The van der Waals surface area contributed by atoms with Gasteiger partial charge in [0.25, 0.3) is 0 Å². The van der Waals surface area contributed by atoms with Gasteiger partial charge in [-0.2, -0.15) is 0 Å². The summed E-state index contributed by atoms with van der Waals surface area (Å²) >= 11 is 0. The molecule has 1 fully saturated rings. The van der Waals surface area contributed by atoms with Gasteiger partial charge in [0.15, 0.2) is 29.4 Å². The lowest BCUT2D eigenvalue weighted by Crippen LogP contribution is -2.30. The highest BCUT2D eigenvalue weighted by Gasteiger charge is 2.45. The fourth-order valence-electron chi connectivity index (χ4n) is 2.50. The Morgan fingerprint density at radius 2 is 2.12 bits per heavy atom. The number of carbonyl (C=O) groups is 1. The predicted molar refractivity (Wildman–Crippen MR) is 85.3 cm³/mol. The molecule has 136 valence electrons. The molecule has 1 saturated heterocycles. The van der Waals surface area contributed by atoms with Crippen molar-refractivity contribution in [3.05, 3.63) is 12.7 Å². The number of imidazole rings is 1. The van der Waals surface area contributed by atoms with Crippen molar-refractivity contribution in [1.82, 2.24) is 19.5 Å². The second-order valence-corrected chi connectivity index (χ2v) is 6.93. The summed E-state index contributed by atoms with van der Waals surface area (Å²) in [4.78, 5) is 24.4. The first-order valence-corrected chi connectivity index (χ1v) is 7.81. The van der Waals surface area contributed by atoms with E-state index in [9.17, 15) is 14.3 Å². The SMILES string of the molecule is CC(C)(C)C(=O)Nc1ncnc2c1ncn2[C@@H]1O[C@H](CO)C(O)[C@@H]1F. The quantitative estimate of drug-likeness (QED) is 0.730. The van der Waals surface area contributed by atoms with E-state index in [0.29, 0.717) is 0 Å². The van der Waals surface area contributed by atoms with Gasteiger partial charge in [-0.1, -0.05) is 20.8 Å². The smallest absolute Gasteiger partial charge is 0.230 e. The normalized spacial score (nSPS) is 27.0. The van der Waals surface area contributed by atoms with Crippen LogP contribution < -0.4 is 5.32 Å². The largest absolute Gasteiger partial charge is 0.394 e. The highest BCUT2D eigenvalue weighted by Crippen LogP contribution is 2.34. The monoisotopic (exact) mass is 353 g/mol. The number of anilines is 1. The molecule has 0 radical (unpaired) electrons. The Morgan fingerprint density at radius 3 is 2.72 bits per heavy atom. The summed E-state index contributed by atoms with van der Waals surface area (Å²) < 4.78 is 21.0. The minimum Gasteiger partial charge on any atom is -0.394 e. The summed E-state index contributed by atoms with van der Waals surface area (Å²) in [5, 5.41) is 21.6. The van der Waals surface area contributed by atoms with Crippen LogP contribution in [0.4, 0.5) is 10.2 Å². The number of aliphatic hydroxyl groups excluding tert-OH is 2. The molecule has 0 aromatic carbocycles. The molecule has 1 amide bonds. The van der Waals surface area contributed by atoms with E-state index in [1.807, 2.05) is 0 Å². The molecular weight excluding hydrogens is 333 g/mol. The first-order chi connectivity index (χ1) is 11.7. The van der Waals surface area contributed by atoms with Crippen LogP contribution in [0.25, 0.3) is 11.2 Å². The maximum absolute atomic E-state index is 14.3. The van der Waals surface area contributed by atoms with Gasteiger partial charge in [-0.3, -0.25) is 9.36 Å². The first-order valence-electron chi connectivity index (χ1n) is 7.81. The lowest BCUT2D eigenvalue weighted by molar-refractivity contribution is -0.123. The van der Waals surface area contributed by atoms with Crippen LogP contribution in [0.15, 0.2) is 12.7 Å². The number of carbonyl (C=O) groups excluding carboxylic acids is 1. The van der Waals surface area contributed by atoms with E-state index in [1.165, 1.54) is 17.2 Å². The third-order valence-corrected chi connectivity index (χ3v) is 4.02. The van der Waals surface area contributed by atoms with Crippen LogP contribution in [0.1, 0.15) is 27.0 Å². The number of nitrogens with one attached hydrogen (secondary N) is 1. The molecule has 3 rings (SSSR count).